The van der Waals surface area contributed by atoms with Gasteiger partial charge in [-0.05, 0) is 30.8 Å². The summed E-state index contributed by atoms with van der Waals surface area (Å²) in [7, 11) is 1.63. The average molecular weight is 265 g/mol. The zero-order valence-electron chi connectivity index (χ0n) is 10.1. The number of hydrogen-bond acceptors (Lipinski definition) is 6. The number of benzene rings is 1. The van der Waals surface area contributed by atoms with Crippen molar-refractivity contribution in [1.82, 2.24) is 10.2 Å². The molecular weight excluding hydrogens is 250 g/mol. The molecule has 0 unspecified atom stereocenters. The van der Waals surface area contributed by atoms with E-state index in [1.807, 2.05) is 24.3 Å². The molecule has 2 N–H and O–H groups in total. The third-order valence-electron chi connectivity index (χ3n) is 2.29. The van der Waals surface area contributed by atoms with Gasteiger partial charge in [-0.2, -0.15) is 0 Å². The van der Waals surface area contributed by atoms with Gasteiger partial charge in [0.2, 0.25) is 0 Å². The van der Waals surface area contributed by atoms with Crippen molar-refractivity contribution in [1.29, 1.82) is 0 Å². The molecule has 2 rings (SSSR count). The summed E-state index contributed by atoms with van der Waals surface area (Å²) >= 11 is 1.53. The Balaban J connectivity index is 1.89. The van der Waals surface area contributed by atoms with Crippen LogP contribution in [0.2, 0.25) is 0 Å². The molecule has 0 aliphatic carbocycles. The molecule has 6 heteroatoms. The second-order valence-electron chi connectivity index (χ2n) is 3.59. The SMILES string of the molecule is COc1ccc(OCc2nnc(CCN)s2)cc1. The molecule has 0 fully saturated rings. The van der Waals surface area contributed by atoms with Crippen LogP contribution in [0.3, 0.4) is 0 Å². The zero-order chi connectivity index (χ0) is 12.8. The van der Waals surface area contributed by atoms with Gasteiger partial charge in [0, 0.05) is 6.42 Å². The van der Waals surface area contributed by atoms with Crippen LogP contribution in [0.5, 0.6) is 11.5 Å². The molecule has 0 aliphatic rings. The van der Waals surface area contributed by atoms with Gasteiger partial charge in [0.1, 0.15) is 23.1 Å². The van der Waals surface area contributed by atoms with Crippen molar-refractivity contribution in [3.63, 3.8) is 0 Å². The highest BCUT2D eigenvalue weighted by atomic mass is 32.1. The molecule has 0 spiro atoms. The largest absolute Gasteiger partial charge is 0.497 e. The quantitative estimate of drug-likeness (QED) is 0.859. The summed E-state index contributed by atoms with van der Waals surface area (Å²) < 4.78 is 10.7. The minimum atomic E-state index is 0.425. The Morgan fingerprint density at radius 1 is 1.11 bits per heavy atom. The lowest BCUT2D eigenvalue weighted by Crippen LogP contribution is -2.01. The molecule has 96 valence electrons. The summed E-state index contributed by atoms with van der Waals surface area (Å²) in [5, 5.41) is 9.89. The number of rotatable bonds is 6. The van der Waals surface area contributed by atoms with Crippen LogP contribution in [0.15, 0.2) is 24.3 Å². The van der Waals surface area contributed by atoms with E-state index in [0.29, 0.717) is 13.2 Å². The lowest BCUT2D eigenvalue weighted by atomic mass is 10.3. The van der Waals surface area contributed by atoms with Gasteiger partial charge in [-0.25, -0.2) is 0 Å². The van der Waals surface area contributed by atoms with Crippen LogP contribution < -0.4 is 15.2 Å². The van der Waals surface area contributed by atoms with Gasteiger partial charge in [0.15, 0.2) is 5.01 Å². The molecule has 0 saturated carbocycles. The summed E-state index contributed by atoms with van der Waals surface area (Å²) in [5.74, 6) is 1.59. The molecule has 0 radical (unpaired) electrons. The lowest BCUT2D eigenvalue weighted by molar-refractivity contribution is 0.304. The van der Waals surface area contributed by atoms with E-state index in [0.717, 1.165) is 27.9 Å². The maximum atomic E-state index is 5.60. The molecule has 5 nitrogen and oxygen atoms in total. The standard InChI is InChI=1S/C12H15N3O2S/c1-16-9-2-4-10(5-3-9)17-8-12-15-14-11(18-12)6-7-13/h2-5H,6-8,13H2,1H3. The molecule has 0 atom stereocenters. The first-order chi connectivity index (χ1) is 8.81. The molecular formula is C12H15N3O2S. The third kappa shape index (κ3) is 3.41. The Hall–Kier alpha value is -1.66. The number of methoxy groups -OCH3 is 1. The van der Waals surface area contributed by atoms with Crippen molar-refractivity contribution >= 4 is 11.3 Å². The van der Waals surface area contributed by atoms with Crippen LogP contribution in [0.4, 0.5) is 0 Å². The second kappa shape index (κ2) is 6.32. The van der Waals surface area contributed by atoms with Gasteiger partial charge in [0.25, 0.3) is 0 Å². The summed E-state index contributed by atoms with van der Waals surface area (Å²) in [6, 6.07) is 7.44. The summed E-state index contributed by atoms with van der Waals surface area (Å²) in [6.07, 6.45) is 0.764. The molecule has 0 bridgehead atoms. The minimum absolute atomic E-state index is 0.425. The summed E-state index contributed by atoms with van der Waals surface area (Å²) in [4.78, 5) is 0. The van der Waals surface area contributed by atoms with Crippen molar-refractivity contribution in [3.05, 3.63) is 34.3 Å². The van der Waals surface area contributed by atoms with E-state index in [4.69, 9.17) is 15.2 Å². The van der Waals surface area contributed by atoms with Crippen LogP contribution >= 0.6 is 11.3 Å². The third-order valence-corrected chi connectivity index (χ3v) is 3.25. The van der Waals surface area contributed by atoms with E-state index in [2.05, 4.69) is 10.2 Å². The van der Waals surface area contributed by atoms with E-state index in [-0.39, 0.29) is 0 Å². The first kappa shape index (κ1) is 12.8. The fraction of sp³-hybridized carbons (Fsp3) is 0.333. The zero-order valence-corrected chi connectivity index (χ0v) is 10.9. The van der Waals surface area contributed by atoms with Crippen LogP contribution in [0.1, 0.15) is 10.0 Å². The van der Waals surface area contributed by atoms with Crippen molar-refractivity contribution < 1.29 is 9.47 Å². The number of aromatic nitrogens is 2. The monoisotopic (exact) mass is 265 g/mol. The molecule has 1 heterocycles. The Bertz CT molecular complexity index is 484. The first-order valence-corrected chi connectivity index (χ1v) is 6.41. The average Bonchev–Trinajstić information content (AvgIpc) is 2.85. The highest BCUT2D eigenvalue weighted by Crippen LogP contribution is 2.19. The fourth-order valence-electron chi connectivity index (χ4n) is 1.39. The van der Waals surface area contributed by atoms with Gasteiger partial charge in [-0.3, -0.25) is 0 Å². The fourth-order valence-corrected chi connectivity index (χ4v) is 2.16. The van der Waals surface area contributed by atoms with E-state index in [9.17, 15) is 0 Å². The number of nitrogens with zero attached hydrogens (tertiary/aromatic N) is 2. The van der Waals surface area contributed by atoms with Crippen LogP contribution in [0, 0.1) is 0 Å². The normalized spacial score (nSPS) is 10.3. The topological polar surface area (TPSA) is 70.3 Å². The second-order valence-corrected chi connectivity index (χ2v) is 4.74. The molecule has 2 aromatic rings. The van der Waals surface area contributed by atoms with Crippen LogP contribution in [0.25, 0.3) is 0 Å². The molecule has 0 saturated heterocycles. The molecule has 18 heavy (non-hydrogen) atoms. The Labute approximate surface area is 110 Å². The minimum Gasteiger partial charge on any atom is -0.497 e. The first-order valence-electron chi connectivity index (χ1n) is 5.60. The van der Waals surface area contributed by atoms with E-state index < -0.39 is 0 Å². The molecule has 0 amide bonds. The molecule has 1 aromatic heterocycles. The van der Waals surface area contributed by atoms with Gasteiger partial charge < -0.3 is 15.2 Å². The van der Waals surface area contributed by atoms with Gasteiger partial charge in [0.05, 0.1) is 7.11 Å². The van der Waals surface area contributed by atoms with E-state index in [1.54, 1.807) is 7.11 Å². The summed E-state index contributed by atoms with van der Waals surface area (Å²) in [6.45, 7) is 1.02. The Kier molecular flexibility index (Phi) is 4.49. The van der Waals surface area contributed by atoms with Crippen molar-refractivity contribution in [3.8, 4) is 11.5 Å². The van der Waals surface area contributed by atoms with Gasteiger partial charge in [-0.15, -0.1) is 10.2 Å². The van der Waals surface area contributed by atoms with Gasteiger partial charge in [-0.1, -0.05) is 11.3 Å². The van der Waals surface area contributed by atoms with Crippen LogP contribution in [-0.4, -0.2) is 23.9 Å². The van der Waals surface area contributed by atoms with Crippen molar-refractivity contribution in [2.75, 3.05) is 13.7 Å². The molecule has 0 aliphatic heterocycles. The highest BCUT2D eigenvalue weighted by Gasteiger charge is 2.04. The predicted octanol–water partition coefficient (Wildman–Crippen LogP) is 1.63. The van der Waals surface area contributed by atoms with Crippen molar-refractivity contribution in [2.24, 2.45) is 5.73 Å². The summed E-state index contributed by atoms with van der Waals surface area (Å²) in [5.41, 5.74) is 5.46. The van der Waals surface area contributed by atoms with Crippen molar-refractivity contribution in [2.45, 2.75) is 13.0 Å². The Morgan fingerprint density at radius 2 is 1.78 bits per heavy atom. The Morgan fingerprint density at radius 3 is 2.44 bits per heavy atom. The van der Waals surface area contributed by atoms with Crippen LogP contribution in [-0.2, 0) is 13.0 Å². The van der Waals surface area contributed by atoms with E-state index in [1.165, 1.54) is 11.3 Å². The highest BCUT2D eigenvalue weighted by molar-refractivity contribution is 7.11. The molecule has 1 aromatic carbocycles. The maximum absolute atomic E-state index is 5.60. The lowest BCUT2D eigenvalue weighted by Gasteiger charge is -2.04. The maximum Gasteiger partial charge on any atom is 0.155 e. The number of nitrogens with two attached hydrogens (primary N) is 1. The number of ether oxygens (including phenoxy) is 2. The smallest absolute Gasteiger partial charge is 0.155 e. The van der Waals surface area contributed by atoms with E-state index >= 15 is 0 Å². The number of hydrogen-bond donors (Lipinski definition) is 1. The van der Waals surface area contributed by atoms with Gasteiger partial charge >= 0.3 is 0 Å². The predicted molar refractivity (Wildman–Crippen MR) is 70.0 cm³/mol.